The van der Waals surface area contributed by atoms with Crippen LogP contribution in [0.25, 0.3) is 11.4 Å². The highest BCUT2D eigenvalue weighted by atomic mass is 32.2. The van der Waals surface area contributed by atoms with Gasteiger partial charge < -0.3 is 4.52 Å². The number of rotatable bonds is 7. The van der Waals surface area contributed by atoms with Gasteiger partial charge in [-0.05, 0) is 16.5 Å². The van der Waals surface area contributed by atoms with Crippen LogP contribution in [-0.4, -0.2) is 24.9 Å². The van der Waals surface area contributed by atoms with Crippen molar-refractivity contribution < 1.29 is 4.52 Å². The van der Waals surface area contributed by atoms with Crippen molar-refractivity contribution in [3.63, 3.8) is 0 Å². The van der Waals surface area contributed by atoms with Crippen molar-refractivity contribution in [2.24, 2.45) is 0 Å². The number of hydrogen-bond acceptors (Lipinski definition) is 6. The zero-order valence-electron chi connectivity index (χ0n) is 18.4. The minimum atomic E-state index is 0.110. The van der Waals surface area contributed by atoms with Gasteiger partial charge in [-0.15, -0.1) is 10.2 Å². The molecule has 0 amide bonds. The second kappa shape index (κ2) is 9.06. The topological polar surface area (TPSA) is 69.6 Å². The Morgan fingerprint density at radius 1 is 0.968 bits per heavy atom. The number of aromatic nitrogens is 5. The first-order valence-electron chi connectivity index (χ1n) is 10.5. The van der Waals surface area contributed by atoms with Crippen molar-refractivity contribution >= 4 is 11.8 Å². The molecule has 4 rings (SSSR count). The van der Waals surface area contributed by atoms with Crippen LogP contribution >= 0.6 is 11.8 Å². The summed E-state index contributed by atoms with van der Waals surface area (Å²) in [6.07, 6.45) is 0.733. The maximum absolute atomic E-state index is 5.22. The number of benzene rings is 2. The Morgan fingerprint density at radius 3 is 2.35 bits per heavy atom. The fraction of sp³-hybridized carbons (Fsp3) is 0.333. The Kier molecular flexibility index (Phi) is 6.23. The Morgan fingerprint density at radius 2 is 1.71 bits per heavy atom. The van der Waals surface area contributed by atoms with Gasteiger partial charge in [0.05, 0.1) is 12.3 Å². The van der Waals surface area contributed by atoms with Crippen LogP contribution in [0.1, 0.15) is 50.5 Å². The SMILES string of the molecule is CCc1nc(CSc2nnc(-c3ccc(C(C)(C)C)cc3)n2Cc2ccccc2)no1. The lowest BCUT2D eigenvalue weighted by molar-refractivity contribution is 0.378. The van der Waals surface area contributed by atoms with E-state index in [9.17, 15) is 0 Å². The minimum Gasteiger partial charge on any atom is -0.339 e. The molecule has 0 atom stereocenters. The zero-order valence-corrected chi connectivity index (χ0v) is 19.2. The average molecular weight is 434 g/mol. The lowest BCUT2D eigenvalue weighted by Gasteiger charge is -2.19. The molecule has 4 aromatic rings. The molecule has 2 aromatic heterocycles. The van der Waals surface area contributed by atoms with Crippen LogP contribution < -0.4 is 0 Å². The summed E-state index contributed by atoms with van der Waals surface area (Å²) in [7, 11) is 0. The van der Waals surface area contributed by atoms with E-state index < -0.39 is 0 Å². The van der Waals surface area contributed by atoms with Crippen molar-refractivity contribution in [2.45, 2.75) is 57.0 Å². The molecule has 31 heavy (non-hydrogen) atoms. The molecule has 2 heterocycles. The highest BCUT2D eigenvalue weighted by Crippen LogP contribution is 2.29. The molecule has 0 spiro atoms. The minimum absolute atomic E-state index is 0.110. The first-order valence-corrected chi connectivity index (χ1v) is 11.4. The Balaban J connectivity index is 1.64. The molecule has 6 nitrogen and oxygen atoms in total. The Hall–Kier alpha value is -2.93. The van der Waals surface area contributed by atoms with Gasteiger partial charge in [0, 0.05) is 12.0 Å². The van der Waals surface area contributed by atoms with Crippen molar-refractivity contribution in [1.82, 2.24) is 24.9 Å². The number of nitrogens with zero attached hydrogens (tertiary/aromatic N) is 5. The summed E-state index contributed by atoms with van der Waals surface area (Å²) < 4.78 is 7.38. The standard InChI is InChI=1S/C24H27N5OS/c1-5-21-25-20(28-30-21)16-31-23-27-26-22(29(23)15-17-9-7-6-8-10-17)18-11-13-19(14-12-18)24(2,3)4/h6-14H,5,15-16H2,1-4H3. The van der Waals surface area contributed by atoms with E-state index in [2.05, 4.69) is 94.2 Å². The van der Waals surface area contributed by atoms with Crippen molar-refractivity contribution in [1.29, 1.82) is 0 Å². The number of aryl methyl sites for hydroxylation is 1. The fourth-order valence-electron chi connectivity index (χ4n) is 3.26. The van der Waals surface area contributed by atoms with E-state index in [1.807, 2.05) is 13.0 Å². The molecule has 0 aliphatic carbocycles. The Labute approximate surface area is 187 Å². The van der Waals surface area contributed by atoms with E-state index in [-0.39, 0.29) is 5.41 Å². The second-order valence-electron chi connectivity index (χ2n) is 8.45. The number of thioether (sulfide) groups is 1. The van der Waals surface area contributed by atoms with Crippen LogP contribution in [0.15, 0.2) is 64.3 Å². The van der Waals surface area contributed by atoms with Gasteiger partial charge in [-0.25, -0.2) is 0 Å². The van der Waals surface area contributed by atoms with Crippen LogP contribution in [0.2, 0.25) is 0 Å². The first-order chi connectivity index (χ1) is 14.9. The van der Waals surface area contributed by atoms with E-state index in [4.69, 9.17) is 4.52 Å². The normalized spacial score (nSPS) is 11.7. The highest BCUT2D eigenvalue weighted by molar-refractivity contribution is 7.98. The van der Waals surface area contributed by atoms with Crippen LogP contribution in [0.5, 0.6) is 0 Å². The van der Waals surface area contributed by atoms with Crippen molar-refractivity contribution in [2.75, 3.05) is 0 Å². The monoisotopic (exact) mass is 433 g/mol. The fourth-order valence-corrected chi connectivity index (χ4v) is 4.04. The molecular weight excluding hydrogens is 406 g/mol. The zero-order chi connectivity index (χ0) is 21.8. The summed E-state index contributed by atoms with van der Waals surface area (Å²) in [6.45, 7) is 9.35. The van der Waals surface area contributed by atoms with Gasteiger partial charge in [0.2, 0.25) is 5.89 Å². The Bertz CT molecular complexity index is 1130. The molecule has 7 heteroatoms. The van der Waals surface area contributed by atoms with E-state index >= 15 is 0 Å². The lowest BCUT2D eigenvalue weighted by Crippen LogP contribution is -2.10. The third-order valence-electron chi connectivity index (χ3n) is 5.05. The molecule has 2 aromatic carbocycles. The van der Waals surface area contributed by atoms with Gasteiger partial charge in [-0.1, -0.05) is 99.2 Å². The van der Waals surface area contributed by atoms with Crippen molar-refractivity contribution in [3.8, 4) is 11.4 Å². The van der Waals surface area contributed by atoms with Gasteiger partial charge in [-0.2, -0.15) is 4.98 Å². The second-order valence-corrected chi connectivity index (χ2v) is 9.39. The molecule has 160 valence electrons. The van der Waals surface area contributed by atoms with Gasteiger partial charge in [0.15, 0.2) is 16.8 Å². The summed E-state index contributed by atoms with van der Waals surface area (Å²) in [5, 5.41) is 13.9. The maximum Gasteiger partial charge on any atom is 0.226 e. The largest absolute Gasteiger partial charge is 0.339 e. The van der Waals surface area contributed by atoms with Crippen LogP contribution in [0, 0.1) is 0 Å². The van der Waals surface area contributed by atoms with Crippen LogP contribution in [0.3, 0.4) is 0 Å². The quantitative estimate of drug-likeness (QED) is 0.357. The highest BCUT2D eigenvalue weighted by Gasteiger charge is 2.18. The first kappa shape index (κ1) is 21.3. The van der Waals surface area contributed by atoms with E-state index in [0.29, 0.717) is 24.0 Å². The molecule has 0 saturated heterocycles. The molecule has 0 bridgehead atoms. The smallest absolute Gasteiger partial charge is 0.226 e. The van der Waals surface area contributed by atoms with Gasteiger partial charge in [0.25, 0.3) is 0 Å². The van der Waals surface area contributed by atoms with Gasteiger partial charge in [-0.3, -0.25) is 4.57 Å². The van der Waals surface area contributed by atoms with Gasteiger partial charge in [0.1, 0.15) is 0 Å². The van der Waals surface area contributed by atoms with E-state index in [1.165, 1.54) is 11.1 Å². The molecule has 0 fully saturated rings. The maximum atomic E-state index is 5.22. The third kappa shape index (κ3) is 5.05. The molecule has 0 unspecified atom stereocenters. The molecular formula is C24H27N5OS. The van der Waals surface area contributed by atoms with E-state index in [0.717, 1.165) is 23.0 Å². The molecule has 0 radical (unpaired) electrons. The average Bonchev–Trinajstić information content (AvgIpc) is 3.39. The molecule has 0 N–H and O–H groups in total. The van der Waals surface area contributed by atoms with Crippen molar-refractivity contribution in [3.05, 3.63) is 77.4 Å². The molecule has 0 aliphatic heterocycles. The predicted molar refractivity (Wildman–Crippen MR) is 123 cm³/mol. The predicted octanol–water partition coefficient (Wildman–Crippen LogP) is 5.53. The molecule has 0 aliphatic rings. The summed E-state index contributed by atoms with van der Waals surface area (Å²) >= 11 is 1.57. The van der Waals surface area contributed by atoms with Gasteiger partial charge >= 0.3 is 0 Å². The summed E-state index contributed by atoms with van der Waals surface area (Å²) in [5.74, 6) is 2.77. The van der Waals surface area contributed by atoms with Crippen LogP contribution in [-0.2, 0) is 24.1 Å². The summed E-state index contributed by atoms with van der Waals surface area (Å²) in [6, 6.07) is 19.0. The summed E-state index contributed by atoms with van der Waals surface area (Å²) in [5.41, 5.74) is 3.66. The number of hydrogen-bond donors (Lipinski definition) is 0. The van der Waals surface area contributed by atoms with Crippen LogP contribution in [0.4, 0.5) is 0 Å². The van der Waals surface area contributed by atoms with E-state index in [1.54, 1.807) is 11.8 Å². The molecule has 0 saturated carbocycles. The third-order valence-corrected chi connectivity index (χ3v) is 6.02. The lowest BCUT2D eigenvalue weighted by atomic mass is 9.87. The summed E-state index contributed by atoms with van der Waals surface area (Å²) in [4.78, 5) is 4.40.